The maximum atomic E-state index is 12.2. The SMILES string of the molecule is COC(=O)/C=C/CCNC(=O)c1ccnc(N2CCCC2CO)c1. The van der Waals surface area contributed by atoms with Crippen molar-refractivity contribution >= 4 is 17.7 Å². The van der Waals surface area contributed by atoms with Crippen LogP contribution in [-0.4, -0.2) is 54.8 Å². The molecule has 1 aromatic heterocycles. The molecule has 2 rings (SSSR count). The van der Waals surface area contributed by atoms with E-state index in [2.05, 4.69) is 15.0 Å². The number of carbonyl (C=O) groups excluding carboxylic acids is 2. The van der Waals surface area contributed by atoms with Gasteiger partial charge in [0.1, 0.15) is 5.82 Å². The fourth-order valence-electron chi connectivity index (χ4n) is 2.66. The van der Waals surface area contributed by atoms with Crippen molar-refractivity contribution in [1.82, 2.24) is 10.3 Å². The zero-order valence-electron chi connectivity index (χ0n) is 13.8. The van der Waals surface area contributed by atoms with Gasteiger partial charge in [0.25, 0.3) is 5.91 Å². The van der Waals surface area contributed by atoms with Gasteiger partial charge >= 0.3 is 5.97 Å². The molecule has 24 heavy (non-hydrogen) atoms. The number of anilines is 1. The van der Waals surface area contributed by atoms with E-state index in [1.165, 1.54) is 13.2 Å². The molecule has 0 bridgehead atoms. The number of rotatable bonds is 7. The van der Waals surface area contributed by atoms with Crippen LogP contribution in [0.3, 0.4) is 0 Å². The molecular formula is C17H23N3O4. The molecule has 1 aliphatic rings. The van der Waals surface area contributed by atoms with Crippen molar-refractivity contribution in [2.75, 3.05) is 31.7 Å². The third-order valence-electron chi connectivity index (χ3n) is 3.94. The number of aromatic nitrogens is 1. The minimum atomic E-state index is -0.413. The molecule has 1 saturated heterocycles. The highest BCUT2D eigenvalue weighted by atomic mass is 16.5. The number of aliphatic hydroxyl groups excluding tert-OH is 1. The highest BCUT2D eigenvalue weighted by Crippen LogP contribution is 2.23. The number of ether oxygens (including phenoxy) is 1. The fraction of sp³-hybridized carbons (Fsp3) is 0.471. The molecule has 1 aromatic rings. The average Bonchev–Trinajstić information content (AvgIpc) is 3.09. The Morgan fingerprint density at radius 3 is 3.12 bits per heavy atom. The quantitative estimate of drug-likeness (QED) is 0.437. The number of hydrogen-bond acceptors (Lipinski definition) is 6. The van der Waals surface area contributed by atoms with E-state index >= 15 is 0 Å². The Hall–Kier alpha value is -2.41. The van der Waals surface area contributed by atoms with Crippen LogP contribution in [-0.2, 0) is 9.53 Å². The van der Waals surface area contributed by atoms with Crippen LogP contribution < -0.4 is 10.2 Å². The number of hydrogen-bond donors (Lipinski definition) is 2. The second-order valence-electron chi connectivity index (χ2n) is 5.54. The predicted molar refractivity (Wildman–Crippen MR) is 89.8 cm³/mol. The molecule has 7 nitrogen and oxygen atoms in total. The molecule has 1 amide bonds. The number of nitrogens with one attached hydrogen (secondary N) is 1. The summed E-state index contributed by atoms with van der Waals surface area (Å²) in [6.45, 7) is 1.35. The molecule has 1 atom stereocenters. The minimum Gasteiger partial charge on any atom is -0.466 e. The van der Waals surface area contributed by atoms with Gasteiger partial charge in [0.2, 0.25) is 0 Å². The number of esters is 1. The molecule has 0 spiro atoms. The molecule has 1 fully saturated rings. The van der Waals surface area contributed by atoms with E-state index < -0.39 is 5.97 Å². The molecule has 2 heterocycles. The number of methoxy groups -OCH3 is 1. The summed E-state index contributed by atoms with van der Waals surface area (Å²) in [4.78, 5) is 29.5. The second-order valence-corrected chi connectivity index (χ2v) is 5.54. The van der Waals surface area contributed by atoms with E-state index in [-0.39, 0.29) is 18.6 Å². The summed E-state index contributed by atoms with van der Waals surface area (Å²) >= 11 is 0. The third kappa shape index (κ3) is 4.79. The summed E-state index contributed by atoms with van der Waals surface area (Å²) in [5, 5.41) is 12.2. The standard InChI is InChI=1S/C17H23N3O4/c1-24-16(22)6-2-3-8-19-17(23)13-7-9-18-15(11-13)20-10-4-5-14(20)12-21/h2,6-7,9,11,14,21H,3-5,8,10,12H2,1H3,(H,19,23)/b6-2+. The lowest BCUT2D eigenvalue weighted by atomic mass is 10.2. The summed E-state index contributed by atoms with van der Waals surface area (Å²) in [5.74, 6) is 0.110. The number of aliphatic hydroxyl groups is 1. The van der Waals surface area contributed by atoms with E-state index in [0.29, 0.717) is 24.3 Å². The predicted octanol–water partition coefficient (Wildman–Crippen LogP) is 0.892. The maximum absolute atomic E-state index is 12.2. The lowest BCUT2D eigenvalue weighted by Crippen LogP contribution is -2.33. The second kappa shape index (κ2) is 9.02. The number of carbonyl (C=O) groups is 2. The van der Waals surface area contributed by atoms with Crippen LogP contribution in [0.5, 0.6) is 0 Å². The molecule has 130 valence electrons. The largest absolute Gasteiger partial charge is 0.466 e. The van der Waals surface area contributed by atoms with E-state index in [1.54, 1.807) is 24.4 Å². The molecule has 7 heteroatoms. The van der Waals surface area contributed by atoms with Gasteiger partial charge in [-0.3, -0.25) is 4.79 Å². The average molecular weight is 333 g/mol. The Morgan fingerprint density at radius 2 is 2.38 bits per heavy atom. The van der Waals surface area contributed by atoms with Crippen molar-refractivity contribution in [3.05, 3.63) is 36.0 Å². The Kier molecular flexibility index (Phi) is 6.74. The maximum Gasteiger partial charge on any atom is 0.330 e. The summed E-state index contributed by atoms with van der Waals surface area (Å²) < 4.78 is 4.48. The topological polar surface area (TPSA) is 91.8 Å². The van der Waals surface area contributed by atoms with E-state index in [4.69, 9.17) is 0 Å². The summed E-state index contributed by atoms with van der Waals surface area (Å²) in [7, 11) is 1.32. The van der Waals surface area contributed by atoms with Gasteiger partial charge < -0.3 is 20.1 Å². The summed E-state index contributed by atoms with van der Waals surface area (Å²) in [6.07, 6.45) is 7.07. The van der Waals surface area contributed by atoms with Crippen molar-refractivity contribution < 1.29 is 19.4 Å². The van der Waals surface area contributed by atoms with Crippen LogP contribution in [0.2, 0.25) is 0 Å². The molecule has 0 aliphatic carbocycles. The smallest absolute Gasteiger partial charge is 0.330 e. The van der Waals surface area contributed by atoms with Crippen LogP contribution >= 0.6 is 0 Å². The fourth-order valence-corrected chi connectivity index (χ4v) is 2.66. The highest BCUT2D eigenvalue weighted by molar-refractivity contribution is 5.94. The molecule has 1 aliphatic heterocycles. The molecule has 0 radical (unpaired) electrons. The van der Waals surface area contributed by atoms with Crippen LogP contribution in [0.4, 0.5) is 5.82 Å². The summed E-state index contributed by atoms with van der Waals surface area (Å²) in [6, 6.07) is 3.47. The number of amides is 1. The molecule has 1 unspecified atom stereocenters. The van der Waals surface area contributed by atoms with Crippen molar-refractivity contribution in [2.24, 2.45) is 0 Å². The van der Waals surface area contributed by atoms with Gasteiger partial charge in [0, 0.05) is 30.9 Å². The molecular weight excluding hydrogens is 310 g/mol. The normalized spacial score (nSPS) is 17.2. The van der Waals surface area contributed by atoms with Gasteiger partial charge in [0.15, 0.2) is 0 Å². The third-order valence-corrected chi connectivity index (χ3v) is 3.94. The van der Waals surface area contributed by atoms with Crippen LogP contribution in [0, 0.1) is 0 Å². The molecule has 0 saturated carbocycles. The Morgan fingerprint density at radius 1 is 1.54 bits per heavy atom. The van der Waals surface area contributed by atoms with Crippen molar-refractivity contribution in [3.8, 4) is 0 Å². The van der Waals surface area contributed by atoms with Gasteiger partial charge in [0.05, 0.1) is 19.8 Å². The van der Waals surface area contributed by atoms with E-state index in [9.17, 15) is 14.7 Å². The zero-order chi connectivity index (χ0) is 17.4. The van der Waals surface area contributed by atoms with Crippen molar-refractivity contribution in [2.45, 2.75) is 25.3 Å². The van der Waals surface area contributed by atoms with Crippen LogP contribution in [0.25, 0.3) is 0 Å². The van der Waals surface area contributed by atoms with E-state index in [1.807, 2.05) is 4.90 Å². The first kappa shape index (κ1) is 17.9. The van der Waals surface area contributed by atoms with Gasteiger partial charge in [-0.1, -0.05) is 6.08 Å². The van der Waals surface area contributed by atoms with Crippen molar-refractivity contribution in [1.29, 1.82) is 0 Å². The Labute approximate surface area is 141 Å². The van der Waals surface area contributed by atoms with E-state index in [0.717, 1.165) is 19.4 Å². The molecule has 0 aromatic carbocycles. The lowest BCUT2D eigenvalue weighted by molar-refractivity contribution is -0.134. The zero-order valence-corrected chi connectivity index (χ0v) is 13.8. The first-order valence-corrected chi connectivity index (χ1v) is 8.02. The number of pyridine rings is 1. The van der Waals surface area contributed by atoms with Crippen LogP contribution in [0.15, 0.2) is 30.5 Å². The first-order valence-electron chi connectivity index (χ1n) is 8.02. The van der Waals surface area contributed by atoms with Gasteiger partial charge in [-0.15, -0.1) is 0 Å². The number of nitrogens with zero attached hydrogens (tertiary/aromatic N) is 2. The lowest BCUT2D eigenvalue weighted by Gasteiger charge is -2.24. The van der Waals surface area contributed by atoms with Gasteiger partial charge in [-0.25, -0.2) is 9.78 Å². The monoisotopic (exact) mass is 333 g/mol. The highest BCUT2D eigenvalue weighted by Gasteiger charge is 2.25. The first-order chi connectivity index (χ1) is 11.7. The van der Waals surface area contributed by atoms with Crippen LogP contribution in [0.1, 0.15) is 29.6 Å². The molecule has 2 N–H and O–H groups in total. The minimum absolute atomic E-state index is 0.0688. The van der Waals surface area contributed by atoms with Gasteiger partial charge in [-0.2, -0.15) is 0 Å². The Bertz CT molecular complexity index is 603. The Balaban J connectivity index is 1.90. The van der Waals surface area contributed by atoms with Crippen molar-refractivity contribution in [3.63, 3.8) is 0 Å². The summed E-state index contributed by atoms with van der Waals surface area (Å²) in [5.41, 5.74) is 0.528. The van der Waals surface area contributed by atoms with Gasteiger partial charge in [-0.05, 0) is 31.4 Å².